The number of halogens is 2. The van der Waals surface area contributed by atoms with Gasteiger partial charge in [-0.3, -0.25) is 0 Å². The lowest BCUT2D eigenvalue weighted by atomic mass is 10.4. The van der Waals surface area contributed by atoms with Gasteiger partial charge in [0.05, 0.1) is 12.3 Å². The standard InChI is InChI=1S/C8H9F2NO/c1-5(2)12-7-3-8(10)11-4-6(7)9/h3-5H,1-2H3. The maximum Gasteiger partial charge on any atom is 0.216 e. The van der Waals surface area contributed by atoms with Crippen LogP contribution in [0.2, 0.25) is 0 Å². The van der Waals surface area contributed by atoms with Crippen molar-refractivity contribution in [1.29, 1.82) is 0 Å². The molecule has 0 unspecified atom stereocenters. The van der Waals surface area contributed by atoms with E-state index in [0.717, 1.165) is 12.3 Å². The lowest BCUT2D eigenvalue weighted by Crippen LogP contribution is -2.07. The minimum atomic E-state index is -0.743. The maximum absolute atomic E-state index is 12.8. The van der Waals surface area contributed by atoms with E-state index in [-0.39, 0.29) is 11.9 Å². The van der Waals surface area contributed by atoms with Crippen LogP contribution in [-0.4, -0.2) is 11.1 Å². The van der Waals surface area contributed by atoms with E-state index in [0.29, 0.717) is 0 Å². The van der Waals surface area contributed by atoms with E-state index in [1.54, 1.807) is 13.8 Å². The number of hydrogen-bond acceptors (Lipinski definition) is 2. The molecule has 1 aromatic rings. The molecule has 0 saturated carbocycles. The van der Waals surface area contributed by atoms with Gasteiger partial charge in [-0.15, -0.1) is 0 Å². The minimum absolute atomic E-state index is 0.0995. The summed E-state index contributed by atoms with van der Waals surface area (Å²) >= 11 is 0. The zero-order valence-corrected chi connectivity index (χ0v) is 6.84. The summed E-state index contributed by atoms with van der Waals surface area (Å²) in [6.07, 6.45) is 0.619. The van der Waals surface area contributed by atoms with E-state index in [1.807, 2.05) is 0 Å². The Bertz CT molecular complexity index is 276. The molecule has 0 aromatic carbocycles. The topological polar surface area (TPSA) is 22.1 Å². The van der Waals surface area contributed by atoms with Crippen LogP contribution in [-0.2, 0) is 0 Å². The molecule has 4 heteroatoms. The van der Waals surface area contributed by atoms with Crippen molar-refractivity contribution in [2.45, 2.75) is 20.0 Å². The Morgan fingerprint density at radius 1 is 1.42 bits per heavy atom. The normalized spacial score (nSPS) is 10.4. The summed E-state index contributed by atoms with van der Waals surface area (Å²) in [6.45, 7) is 3.47. The molecule has 0 amide bonds. The highest BCUT2D eigenvalue weighted by molar-refractivity contribution is 5.20. The van der Waals surface area contributed by atoms with Crippen LogP contribution in [0, 0.1) is 11.8 Å². The van der Waals surface area contributed by atoms with Gasteiger partial charge >= 0.3 is 0 Å². The molecule has 0 radical (unpaired) electrons. The number of rotatable bonds is 2. The molecule has 1 heterocycles. The Balaban J connectivity index is 2.90. The van der Waals surface area contributed by atoms with Crippen LogP contribution < -0.4 is 4.74 Å². The molecule has 66 valence electrons. The van der Waals surface area contributed by atoms with Crippen molar-refractivity contribution in [2.75, 3.05) is 0 Å². The zero-order valence-electron chi connectivity index (χ0n) is 6.84. The molecule has 12 heavy (non-hydrogen) atoms. The molecule has 1 rings (SSSR count). The van der Waals surface area contributed by atoms with Crippen LogP contribution >= 0.6 is 0 Å². The van der Waals surface area contributed by atoms with E-state index in [4.69, 9.17) is 4.74 Å². The second-order valence-corrected chi connectivity index (χ2v) is 2.60. The van der Waals surface area contributed by atoms with Gasteiger partial charge in [-0.25, -0.2) is 9.37 Å². The summed E-state index contributed by atoms with van der Waals surface area (Å²) in [5, 5.41) is 0. The number of hydrogen-bond donors (Lipinski definition) is 0. The van der Waals surface area contributed by atoms with Crippen LogP contribution in [0.1, 0.15) is 13.8 Å². The van der Waals surface area contributed by atoms with Crippen LogP contribution in [0.4, 0.5) is 8.78 Å². The van der Waals surface area contributed by atoms with Gasteiger partial charge in [-0.1, -0.05) is 0 Å². The van der Waals surface area contributed by atoms with Crippen molar-refractivity contribution in [3.05, 3.63) is 24.0 Å². The molecule has 0 bridgehead atoms. The first kappa shape index (κ1) is 8.90. The fourth-order valence-electron chi connectivity index (χ4n) is 0.741. The van der Waals surface area contributed by atoms with Crippen molar-refractivity contribution in [3.8, 4) is 5.75 Å². The molecule has 2 nitrogen and oxygen atoms in total. The molecule has 0 aliphatic carbocycles. The summed E-state index contributed by atoms with van der Waals surface area (Å²) < 4.78 is 30.2. The largest absolute Gasteiger partial charge is 0.488 e. The Kier molecular flexibility index (Phi) is 2.58. The van der Waals surface area contributed by atoms with E-state index in [2.05, 4.69) is 4.98 Å². The van der Waals surface area contributed by atoms with Gasteiger partial charge in [0.25, 0.3) is 0 Å². The van der Waals surface area contributed by atoms with E-state index in [1.165, 1.54) is 0 Å². The number of pyridine rings is 1. The third kappa shape index (κ3) is 2.15. The molecule has 0 spiro atoms. The van der Waals surface area contributed by atoms with Gasteiger partial charge in [-0.05, 0) is 13.8 Å². The fraction of sp³-hybridized carbons (Fsp3) is 0.375. The third-order valence-corrected chi connectivity index (χ3v) is 1.15. The lowest BCUT2D eigenvalue weighted by Gasteiger charge is -2.09. The Hall–Kier alpha value is -1.19. The zero-order chi connectivity index (χ0) is 9.14. The van der Waals surface area contributed by atoms with Crippen molar-refractivity contribution in [2.24, 2.45) is 0 Å². The van der Waals surface area contributed by atoms with Gasteiger partial charge in [-0.2, -0.15) is 4.39 Å². The van der Waals surface area contributed by atoms with Crippen LogP contribution in [0.15, 0.2) is 12.3 Å². The van der Waals surface area contributed by atoms with Crippen LogP contribution in [0.3, 0.4) is 0 Å². The number of aromatic nitrogens is 1. The first-order valence-electron chi connectivity index (χ1n) is 3.57. The Labute approximate surface area is 69.2 Å². The number of ether oxygens (including phenoxy) is 1. The van der Waals surface area contributed by atoms with Gasteiger partial charge in [0.2, 0.25) is 5.95 Å². The van der Waals surface area contributed by atoms with Gasteiger partial charge in [0.15, 0.2) is 11.6 Å². The maximum atomic E-state index is 12.8. The summed E-state index contributed by atoms with van der Waals surface area (Å²) in [7, 11) is 0. The highest BCUT2D eigenvalue weighted by Gasteiger charge is 2.06. The molecule has 0 fully saturated rings. The molecular weight excluding hydrogens is 164 g/mol. The van der Waals surface area contributed by atoms with Gasteiger partial charge < -0.3 is 4.74 Å². The first-order valence-corrected chi connectivity index (χ1v) is 3.57. The van der Waals surface area contributed by atoms with Crippen molar-refractivity contribution in [3.63, 3.8) is 0 Å². The summed E-state index contributed by atoms with van der Waals surface area (Å²) in [4.78, 5) is 3.12. The Morgan fingerprint density at radius 2 is 2.08 bits per heavy atom. The quantitative estimate of drug-likeness (QED) is 0.639. The molecule has 0 aliphatic heterocycles. The van der Waals surface area contributed by atoms with Gasteiger partial charge in [0.1, 0.15) is 0 Å². The van der Waals surface area contributed by atoms with Crippen LogP contribution in [0.5, 0.6) is 5.75 Å². The third-order valence-electron chi connectivity index (χ3n) is 1.15. The minimum Gasteiger partial charge on any atom is -0.488 e. The van der Waals surface area contributed by atoms with E-state index >= 15 is 0 Å². The van der Waals surface area contributed by atoms with E-state index < -0.39 is 11.8 Å². The molecule has 0 N–H and O–H groups in total. The van der Waals surface area contributed by atoms with E-state index in [9.17, 15) is 8.78 Å². The molecule has 0 aliphatic rings. The smallest absolute Gasteiger partial charge is 0.216 e. The first-order chi connectivity index (χ1) is 5.59. The second-order valence-electron chi connectivity index (χ2n) is 2.60. The summed E-state index contributed by atoms with van der Waals surface area (Å²) in [5.74, 6) is -1.49. The van der Waals surface area contributed by atoms with Crippen molar-refractivity contribution >= 4 is 0 Å². The fourth-order valence-corrected chi connectivity index (χ4v) is 0.741. The van der Waals surface area contributed by atoms with Crippen molar-refractivity contribution < 1.29 is 13.5 Å². The van der Waals surface area contributed by atoms with Crippen LogP contribution in [0.25, 0.3) is 0 Å². The second kappa shape index (κ2) is 3.47. The molecule has 1 aromatic heterocycles. The number of nitrogens with zero attached hydrogens (tertiary/aromatic N) is 1. The predicted octanol–water partition coefficient (Wildman–Crippen LogP) is 2.15. The average molecular weight is 173 g/mol. The highest BCUT2D eigenvalue weighted by atomic mass is 19.1. The Morgan fingerprint density at radius 3 is 2.67 bits per heavy atom. The lowest BCUT2D eigenvalue weighted by molar-refractivity contribution is 0.229. The molecular formula is C8H9F2NO. The summed E-state index contributed by atoms with van der Waals surface area (Å²) in [6, 6.07) is 0.926. The van der Waals surface area contributed by atoms with Crippen molar-refractivity contribution in [1.82, 2.24) is 4.98 Å². The average Bonchev–Trinajstić information content (AvgIpc) is 1.96. The summed E-state index contributed by atoms with van der Waals surface area (Å²) in [5.41, 5.74) is 0. The molecule has 0 atom stereocenters. The molecule has 0 saturated heterocycles. The highest BCUT2D eigenvalue weighted by Crippen LogP contribution is 2.17. The predicted molar refractivity (Wildman–Crippen MR) is 39.9 cm³/mol. The SMILES string of the molecule is CC(C)Oc1cc(F)ncc1F. The monoisotopic (exact) mass is 173 g/mol. The van der Waals surface area contributed by atoms with Gasteiger partial charge in [0, 0.05) is 6.07 Å².